The van der Waals surface area contributed by atoms with E-state index in [1.165, 1.54) is 0 Å². The Kier molecular flexibility index (Phi) is 6.82. The van der Waals surface area contributed by atoms with Gasteiger partial charge in [0.15, 0.2) is 0 Å². The van der Waals surface area contributed by atoms with Crippen molar-refractivity contribution in [1.82, 2.24) is 5.32 Å². The summed E-state index contributed by atoms with van der Waals surface area (Å²) >= 11 is 0. The van der Waals surface area contributed by atoms with E-state index in [1.807, 2.05) is 48.5 Å². The molecule has 1 atom stereocenters. The topological polar surface area (TPSA) is 58.6 Å². The molecular weight excluding hydrogens is 302 g/mol. The maximum atomic E-state index is 12.2. The number of carbonyl (C=O) groups excluding carboxylic acids is 1. The molecule has 128 valence electrons. The van der Waals surface area contributed by atoms with E-state index < -0.39 is 0 Å². The Morgan fingerprint density at radius 3 is 2.38 bits per heavy atom. The molecule has 2 aromatic rings. The van der Waals surface area contributed by atoms with Crippen LogP contribution >= 0.6 is 0 Å². The van der Waals surface area contributed by atoms with Gasteiger partial charge in [0.05, 0.1) is 13.7 Å². The zero-order valence-electron chi connectivity index (χ0n) is 14.3. The molecule has 1 unspecified atom stereocenters. The van der Waals surface area contributed by atoms with Gasteiger partial charge in [0.2, 0.25) is 5.91 Å². The molecule has 4 heteroatoms. The van der Waals surface area contributed by atoms with Crippen molar-refractivity contribution in [2.24, 2.45) is 5.92 Å². The van der Waals surface area contributed by atoms with Gasteiger partial charge in [-0.3, -0.25) is 4.79 Å². The predicted molar refractivity (Wildman–Crippen MR) is 94.7 cm³/mol. The molecule has 2 aromatic carbocycles. The maximum absolute atomic E-state index is 12.2. The molecule has 24 heavy (non-hydrogen) atoms. The molecule has 0 aliphatic carbocycles. The first kappa shape index (κ1) is 18.0. The summed E-state index contributed by atoms with van der Waals surface area (Å²) in [4.78, 5) is 12.2. The van der Waals surface area contributed by atoms with Crippen molar-refractivity contribution in [3.05, 3.63) is 65.2 Å². The largest absolute Gasteiger partial charge is 0.496 e. The summed E-state index contributed by atoms with van der Waals surface area (Å²) in [7, 11) is 1.66. The zero-order chi connectivity index (χ0) is 17.4. The molecular formula is C20H25NO3. The van der Waals surface area contributed by atoms with Gasteiger partial charge in [0, 0.05) is 13.0 Å². The van der Waals surface area contributed by atoms with Crippen LogP contribution in [0, 0.1) is 5.92 Å². The van der Waals surface area contributed by atoms with E-state index in [0.29, 0.717) is 13.0 Å². The monoisotopic (exact) mass is 327 g/mol. The molecule has 0 aliphatic rings. The third kappa shape index (κ3) is 5.10. The van der Waals surface area contributed by atoms with E-state index >= 15 is 0 Å². The van der Waals surface area contributed by atoms with Crippen LogP contribution in [0.25, 0.3) is 0 Å². The molecule has 2 rings (SSSR count). The third-order valence-corrected chi connectivity index (χ3v) is 4.06. The Morgan fingerprint density at radius 1 is 1.08 bits per heavy atom. The number of nitrogens with one attached hydrogen (secondary N) is 1. The van der Waals surface area contributed by atoms with Crippen molar-refractivity contribution in [1.29, 1.82) is 0 Å². The Morgan fingerprint density at radius 2 is 1.71 bits per heavy atom. The number of methoxy groups -OCH3 is 1. The minimum absolute atomic E-state index is 0.0176. The van der Waals surface area contributed by atoms with Crippen LogP contribution in [0.5, 0.6) is 5.75 Å². The Balaban J connectivity index is 1.85. The van der Waals surface area contributed by atoms with E-state index in [0.717, 1.165) is 28.9 Å². The Bertz CT molecular complexity index is 669. The van der Waals surface area contributed by atoms with Crippen molar-refractivity contribution >= 4 is 5.91 Å². The number of hydrogen-bond acceptors (Lipinski definition) is 3. The highest BCUT2D eigenvalue weighted by molar-refractivity contribution is 5.76. The summed E-state index contributed by atoms with van der Waals surface area (Å²) in [5, 5.41) is 12.3. The molecule has 0 spiro atoms. The molecule has 0 aliphatic heterocycles. The first-order chi connectivity index (χ1) is 11.6. The predicted octanol–water partition coefficient (Wildman–Crippen LogP) is 3.07. The lowest BCUT2D eigenvalue weighted by Gasteiger charge is -2.14. The van der Waals surface area contributed by atoms with Gasteiger partial charge in [-0.05, 0) is 35.1 Å². The van der Waals surface area contributed by atoms with Crippen molar-refractivity contribution in [2.45, 2.75) is 32.9 Å². The Labute approximate surface area is 143 Å². The van der Waals surface area contributed by atoms with Gasteiger partial charge in [0.1, 0.15) is 5.75 Å². The normalized spacial score (nSPS) is 11.8. The van der Waals surface area contributed by atoms with Crippen LogP contribution in [-0.4, -0.2) is 18.1 Å². The van der Waals surface area contributed by atoms with Gasteiger partial charge in [-0.2, -0.15) is 0 Å². The lowest BCUT2D eigenvalue weighted by Crippen LogP contribution is -2.25. The number of benzene rings is 2. The van der Waals surface area contributed by atoms with Gasteiger partial charge in [-0.15, -0.1) is 0 Å². The van der Waals surface area contributed by atoms with Crippen molar-refractivity contribution in [3.63, 3.8) is 0 Å². The molecule has 1 amide bonds. The summed E-state index contributed by atoms with van der Waals surface area (Å²) in [6.45, 7) is 2.49. The van der Waals surface area contributed by atoms with Crippen LogP contribution in [0.1, 0.15) is 30.0 Å². The fourth-order valence-corrected chi connectivity index (χ4v) is 2.79. The van der Waals surface area contributed by atoms with Crippen LogP contribution in [-0.2, 0) is 24.4 Å². The SMILES string of the molecule is COc1ccccc1CC(C)CC(=O)NCc1ccccc1CO. The second-order valence-electron chi connectivity index (χ2n) is 6.03. The second-order valence-corrected chi connectivity index (χ2v) is 6.03. The molecule has 0 heterocycles. The zero-order valence-corrected chi connectivity index (χ0v) is 14.3. The number of hydrogen-bond donors (Lipinski definition) is 2. The second kappa shape index (κ2) is 9.08. The molecule has 2 N–H and O–H groups in total. The van der Waals surface area contributed by atoms with Gasteiger partial charge in [-0.25, -0.2) is 0 Å². The lowest BCUT2D eigenvalue weighted by molar-refractivity contribution is -0.122. The van der Waals surface area contributed by atoms with Gasteiger partial charge < -0.3 is 15.2 Å². The van der Waals surface area contributed by atoms with Gasteiger partial charge in [-0.1, -0.05) is 49.4 Å². The van der Waals surface area contributed by atoms with Crippen molar-refractivity contribution in [3.8, 4) is 5.75 Å². The average molecular weight is 327 g/mol. The van der Waals surface area contributed by atoms with Crippen LogP contribution in [0.15, 0.2) is 48.5 Å². The number of para-hydroxylation sites is 1. The number of rotatable bonds is 8. The fraction of sp³-hybridized carbons (Fsp3) is 0.350. The van der Waals surface area contributed by atoms with E-state index in [1.54, 1.807) is 7.11 Å². The summed E-state index contributed by atoms with van der Waals surface area (Å²) in [6, 6.07) is 15.5. The van der Waals surface area contributed by atoms with Crippen molar-refractivity contribution in [2.75, 3.05) is 7.11 Å². The molecule has 0 radical (unpaired) electrons. The highest BCUT2D eigenvalue weighted by Crippen LogP contribution is 2.22. The van der Waals surface area contributed by atoms with E-state index in [-0.39, 0.29) is 18.4 Å². The highest BCUT2D eigenvalue weighted by Gasteiger charge is 2.12. The third-order valence-electron chi connectivity index (χ3n) is 4.06. The minimum atomic E-state index is -0.0176. The molecule has 0 saturated carbocycles. The van der Waals surface area contributed by atoms with E-state index in [9.17, 15) is 9.90 Å². The standard InChI is InChI=1S/C20H25NO3/c1-15(11-16-7-5-6-10-19(16)24-2)12-20(23)21-13-17-8-3-4-9-18(17)14-22/h3-10,15,22H,11-14H2,1-2H3,(H,21,23). The summed E-state index contributed by atoms with van der Waals surface area (Å²) in [5.74, 6) is 1.10. The number of aliphatic hydroxyl groups excluding tert-OH is 1. The highest BCUT2D eigenvalue weighted by atomic mass is 16.5. The first-order valence-corrected chi connectivity index (χ1v) is 8.20. The van der Waals surface area contributed by atoms with E-state index in [4.69, 9.17) is 4.74 Å². The van der Waals surface area contributed by atoms with Crippen LogP contribution in [0.2, 0.25) is 0 Å². The van der Waals surface area contributed by atoms with Gasteiger partial charge >= 0.3 is 0 Å². The number of ether oxygens (including phenoxy) is 1. The fourth-order valence-electron chi connectivity index (χ4n) is 2.79. The molecule has 0 aromatic heterocycles. The summed E-state index contributed by atoms with van der Waals surface area (Å²) in [6.07, 6.45) is 1.25. The summed E-state index contributed by atoms with van der Waals surface area (Å²) < 4.78 is 5.36. The quantitative estimate of drug-likeness (QED) is 0.783. The first-order valence-electron chi connectivity index (χ1n) is 8.20. The average Bonchev–Trinajstić information content (AvgIpc) is 2.60. The lowest BCUT2D eigenvalue weighted by atomic mass is 9.97. The molecule has 0 saturated heterocycles. The maximum Gasteiger partial charge on any atom is 0.220 e. The van der Waals surface area contributed by atoms with Crippen LogP contribution in [0.4, 0.5) is 0 Å². The Hall–Kier alpha value is -2.33. The van der Waals surface area contributed by atoms with Crippen LogP contribution in [0.3, 0.4) is 0 Å². The molecule has 0 fully saturated rings. The number of carbonyl (C=O) groups is 1. The molecule has 0 bridgehead atoms. The van der Waals surface area contributed by atoms with Gasteiger partial charge in [0.25, 0.3) is 0 Å². The number of amides is 1. The number of aliphatic hydroxyl groups is 1. The molecule has 4 nitrogen and oxygen atoms in total. The van der Waals surface area contributed by atoms with Crippen molar-refractivity contribution < 1.29 is 14.6 Å². The smallest absolute Gasteiger partial charge is 0.220 e. The van der Waals surface area contributed by atoms with Crippen LogP contribution < -0.4 is 10.1 Å². The minimum Gasteiger partial charge on any atom is -0.496 e. The summed E-state index contributed by atoms with van der Waals surface area (Å²) in [5.41, 5.74) is 2.91. The van der Waals surface area contributed by atoms with E-state index in [2.05, 4.69) is 12.2 Å².